The first kappa shape index (κ1) is 20.4. The fourth-order valence-electron chi connectivity index (χ4n) is 1.96. The molecule has 0 radical (unpaired) electrons. The number of hydrogen-bond acceptors (Lipinski definition) is 4. The van der Waals surface area contributed by atoms with Gasteiger partial charge >= 0.3 is 6.18 Å². The second-order valence-corrected chi connectivity index (χ2v) is 7.05. The van der Waals surface area contributed by atoms with Gasteiger partial charge in [-0.15, -0.1) is 0 Å². The summed E-state index contributed by atoms with van der Waals surface area (Å²) in [6, 6.07) is 2.20. The monoisotopic (exact) mass is 367 g/mol. The fourth-order valence-corrected chi connectivity index (χ4v) is 3.39. The van der Waals surface area contributed by atoms with Gasteiger partial charge in [-0.05, 0) is 26.0 Å². The molecule has 0 heterocycles. The molecule has 0 spiro atoms. The van der Waals surface area contributed by atoms with E-state index in [4.69, 9.17) is 5.73 Å². The van der Waals surface area contributed by atoms with Gasteiger partial charge in [0.1, 0.15) is 0 Å². The molecular weight excluding hydrogens is 347 g/mol. The number of nitrogens with one attached hydrogen (secondary N) is 1. The van der Waals surface area contributed by atoms with Crippen molar-refractivity contribution < 1.29 is 26.4 Å². The first-order valence-corrected chi connectivity index (χ1v) is 8.55. The van der Waals surface area contributed by atoms with Crippen LogP contribution in [0.25, 0.3) is 0 Å². The summed E-state index contributed by atoms with van der Waals surface area (Å²) in [5.41, 5.74) is 4.15. The van der Waals surface area contributed by atoms with Crippen molar-refractivity contribution in [1.82, 2.24) is 9.62 Å². The maximum Gasteiger partial charge on any atom is 0.417 e. The van der Waals surface area contributed by atoms with Crippen LogP contribution < -0.4 is 10.5 Å². The van der Waals surface area contributed by atoms with E-state index in [-0.39, 0.29) is 12.6 Å². The Bertz CT molecular complexity index is 692. The van der Waals surface area contributed by atoms with Crippen LogP contribution in [0.3, 0.4) is 0 Å². The topological polar surface area (TPSA) is 92.5 Å². The Hall–Kier alpha value is -1.65. The summed E-state index contributed by atoms with van der Waals surface area (Å²) in [5, 5.41) is 0. The number of benzene rings is 1. The van der Waals surface area contributed by atoms with Crippen molar-refractivity contribution in [2.24, 2.45) is 5.73 Å². The molecule has 0 aromatic heterocycles. The van der Waals surface area contributed by atoms with E-state index in [9.17, 15) is 26.4 Å². The van der Waals surface area contributed by atoms with Crippen LogP contribution in [0.15, 0.2) is 29.2 Å². The minimum absolute atomic E-state index is 0.165. The van der Waals surface area contributed by atoms with Gasteiger partial charge in [-0.25, -0.2) is 8.42 Å². The van der Waals surface area contributed by atoms with Gasteiger partial charge in [0.25, 0.3) is 0 Å². The average Bonchev–Trinajstić information content (AvgIpc) is 2.51. The molecule has 0 bridgehead atoms. The molecule has 10 heteroatoms. The lowest BCUT2D eigenvalue weighted by molar-refractivity contribution is -0.139. The molecule has 1 amide bonds. The Morgan fingerprint density at radius 1 is 1.29 bits per heavy atom. The number of alkyl halides is 3. The zero-order valence-electron chi connectivity index (χ0n) is 13.5. The zero-order valence-corrected chi connectivity index (χ0v) is 14.3. The number of halogens is 3. The van der Waals surface area contributed by atoms with E-state index in [0.717, 1.165) is 12.1 Å². The van der Waals surface area contributed by atoms with Crippen molar-refractivity contribution in [3.63, 3.8) is 0 Å². The second-order valence-electron chi connectivity index (χ2n) is 5.37. The molecule has 0 aliphatic rings. The SMILES string of the molecule is CC(NS(=O)(=O)c1ccccc1C(F)(F)F)C(=O)N(C)C(C)CN. The van der Waals surface area contributed by atoms with Gasteiger partial charge < -0.3 is 10.6 Å². The van der Waals surface area contributed by atoms with Crippen LogP contribution in [-0.2, 0) is 21.0 Å². The first-order valence-electron chi connectivity index (χ1n) is 7.07. The lowest BCUT2D eigenvalue weighted by Gasteiger charge is -2.27. The van der Waals surface area contributed by atoms with Gasteiger partial charge in [-0.2, -0.15) is 17.9 Å². The van der Waals surface area contributed by atoms with E-state index in [0.29, 0.717) is 6.07 Å². The molecule has 0 fully saturated rings. The smallest absolute Gasteiger partial charge is 0.340 e. The largest absolute Gasteiger partial charge is 0.417 e. The third kappa shape index (κ3) is 4.68. The van der Waals surface area contributed by atoms with E-state index in [1.54, 1.807) is 6.92 Å². The molecule has 1 rings (SSSR count). The highest BCUT2D eigenvalue weighted by molar-refractivity contribution is 7.89. The average molecular weight is 367 g/mol. The van der Waals surface area contributed by atoms with E-state index >= 15 is 0 Å². The van der Waals surface area contributed by atoms with E-state index in [2.05, 4.69) is 0 Å². The lowest BCUT2D eigenvalue weighted by atomic mass is 10.2. The van der Waals surface area contributed by atoms with Crippen LogP contribution in [-0.4, -0.2) is 44.9 Å². The zero-order chi connectivity index (χ0) is 18.7. The Balaban J connectivity index is 3.09. The van der Waals surface area contributed by atoms with Crippen molar-refractivity contribution in [3.05, 3.63) is 29.8 Å². The third-order valence-corrected chi connectivity index (χ3v) is 5.13. The summed E-state index contributed by atoms with van der Waals surface area (Å²) in [4.78, 5) is 12.5. The second kappa shape index (κ2) is 7.49. The van der Waals surface area contributed by atoms with Gasteiger partial charge in [0.05, 0.1) is 16.5 Å². The summed E-state index contributed by atoms with van der Waals surface area (Å²) in [6.07, 6.45) is -4.83. The molecule has 1 aromatic rings. The van der Waals surface area contributed by atoms with Crippen molar-refractivity contribution in [3.8, 4) is 0 Å². The summed E-state index contributed by atoms with van der Waals surface area (Å²) in [5.74, 6) is -0.596. The molecule has 0 saturated carbocycles. The highest BCUT2D eigenvalue weighted by Crippen LogP contribution is 2.33. The van der Waals surface area contributed by atoms with Crippen LogP contribution in [0.4, 0.5) is 13.2 Å². The van der Waals surface area contributed by atoms with Gasteiger partial charge in [0.15, 0.2) is 0 Å². The molecule has 6 nitrogen and oxygen atoms in total. The normalized spacial score (nSPS) is 15.0. The van der Waals surface area contributed by atoms with Crippen molar-refractivity contribution in [1.29, 1.82) is 0 Å². The van der Waals surface area contributed by atoms with Crippen LogP contribution in [0.2, 0.25) is 0 Å². The molecule has 0 aliphatic heterocycles. The number of nitrogens with zero attached hydrogens (tertiary/aromatic N) is 1. The molecule has 24 heavy (non-hydrogen) atoms. The molecule has 2 unspecified atom stereocenters. The quantitative estimate of drug-likeness (QED) is 0.790. The Kier molecular flexibility index (Phi) is 6.37. The first-order chi connectivity index (χ1) is 10.9. The molecule has 2 atom stereocenters. The van der Waals surface area contributed by atoms with Crippen LogP contribution in [0.1, 0.15) is 19.4 Å². The lowest BCUT2D eigenvalue weighted by Crippen LogP contribution is -2.49. The third-order valence-electron chi connectivity index (χ3n) is 3.53. The van der Waals surface area contributed by atoms with E-state index in [1.165, 1.54) is 24.9 Å². The Morgan fingerprint density at radius 2 is 1.83 bits per heavy atom. The molecule has 0 aliphatic carbocycles. The highest BCUT2D eigenvalue weighted by atomic mass is 32.2. The maximum absolute atomic E-state index is 13.0. The number of nitrogens with two attached hydrogens (primary N) is 1. The van der Waals surface area contributed by atoms with Gasteiger partial charge in [0, 0.05) is 19.6 Å². The molecular formula is C14H20F3N3O3S. The fraction of sp³-hybridized carbons (Fsp3) is 0.500. The molecule has 136 valence electrons. The number of carbonyl (C=O) groups is 1. The van der Waals surface area contributed by atoms with Crippen LogP contribution >= 0.6 is 0 Å². The van der Waals surface area contributed by atoms with Crippen molar-refractivity contribution in [2.45, 2.75) is 37.0 Å². The molecule has 0 saturated heterocycles. The van der Waals surface area contributed by atoms with Gasteiger partial charge in [-0.3, -0.25) is 4.79 Å². The summed E-state index contributed by atoms with van der Waals surface area (Å²) in [7, 11) is -3.09. The standard InChI is InChI=1S/C14H20F3N3O3S/c1-9(8-18)20(3)13(21)10(2)19-24(22,23)12-7-5-4-6-11(12)14(15,16)17/h4-7,9-10,19H,8,18H2,1-3H3. The predicted molar refractivity (Wildman–Crippen MR) is 82.5 cm³/mol. The highest BCUT2D eigenvalue weighted by Gasteiger charge is 2.37. The summed E-state index contributed by atoms with van der Waals surface area (Å²) in [6.45, 7) is 3.09. The number of sulfonamides is 1. The minimum Gasteiger partial charge on any atom is -0.340 e. The molecule has 3 N–H and O–H groups in total. The number of amides is 1. The molecule has 1 aromatic carbocycles. The predicted octanol–water partition coefficient (Wildman–Crippen LogP) is 1.18. The number of rotatable bonds is 6. The van der Waals surface area contributed by atoms with Crippen LogP contribution in [0, 0.1) is 0 Å². The number of carbonyl (C=O) groups excluding carboxylic acids is 1. The Labute approximate surface area is 138 Å². The Morgan fingerprint density at radius 3 is 2.33 bits per heavy atom. The minimum atomic E-state index is -4.83. The van der Waals surface area contributed by atoms with E-state index in [1.807, 2.05) is 4.72 Å². The summed E-state index contributed by atoms with van der Waals surface area (Å²) < 4.78 is 65.4. The van der Waals surface area contributed by atoms with Crippen LogP contribution in [0.5, 0.6) is 0 Å². The van der Waals surface area contributed by atoms with Crippen molar-refractivity contribution in [2.75, 3.05) is 13.6 Å². The number of likely N-dealkylation sites (N-methyl/N-ethyl adjacent to an activating group) is 1. The van der Waals surface area contributed by atoms with Gasteiger partial charge in [-0.1, -0.05) is 12.1 Å². The van der Waals surface area contributed by atoms with Gasteiger partial charge in [0.2, 0.25) is 15.9 Å². The van der Waals surface area contributed by atoms with Crippen molar-refractivity contribution >= 4 is 15.9 Å². The maximum atomic E-state index is 13.0. The summed E-state index contributed by atoms with van der Waals surface area (Å²) >= 11 is 0. The number of hydrogen-bond donors (Lipinski definition) is 2. The van der Waals surface area contributed by atoms with E-state index < -0.39 is 38.6 Å².